The minimum atomic E-state index is -4.70. The van der Waals surface area contributed by atoms with Gasteiger partial charge in [0.25, 0.3) is 0 Å². The molecule has 0 atom stereocenters. The second-order valence-electron chi connectivity index (χ2n) is 1.30. The molecule has 0 spiro atoms. The Morgan fingerprint density at radius 2 is 0.875 bits per heavy atom. The first kappa shape index (κ1) is 11.9. The third kappa shape index (κ3) is 188. The van der Waals surface area contributed by atoms with Crippen LogP contribution in [0.3, 0.4) is 0 Å². The molecular weight excluding hydrogens is 221 g/mol. The van der Waals surface area contributed by atoms with Crippen molar-refractivity contribution in [3.8, 4) is 0 Å². The molecule has 0 aliphatic rings. The van der Waals surface area contributed by atoms with Gasteiger partial charge in [-0.25, -0.2) is 0 Å². The Bertz CT molecular complexity index is 69.8. The van der Waals surface area contributed by atoms with E-state index >= 15 is 0 Å². The van der Waals surface area contributed by atoms with Crippen molar-refractivity contribution in [3.63, 3.8) is 0 Å². The van der Waals surface area contributed by atoms with Gasteiger partial charge in [0.15, 0.2) is 0 Å². The molecule has 0 aliphatic heterocycles. The van der Waals surface area contributed by atoms with Crippen molar-refractivity contribution in [2.75, 3.05) is 0 Å². The van der Waals surface area contributed by atoms with Crippen LogP contribution < -0.4 is 19.1 Å². The van der Waals surface area contributed by atoms with Crippen LogP contribution >= 0.6 is 32.7 Å². The SMILES string of the molecule is Cl.[NH2][Co]([NH2])([NH2])([NH2])([Cl])[Cl]. The van der Waals surface area contributed by atoms with Gasteiger partial charge in [0.05, 0.1) is 0 Å². The molecule has 0 aromatic carbocycles. The summed E-state index contributed by atoms with van der Waals surface area (Å²) in [5.74, 6) is 0. The van der Waals surface area contributed by atoms with Crippen molar-refractivity contribution in [1.29, 1.82) is 0 Å². The molecule has 0 amide bonds. The molecule has 0 saturated carbocycles. The maximum atomic E-state index is 5.05. The summed E-state index contributed by atoms with van der Waals surface area (Å²) in [5.41, 5.74) is 0. The fourth-order valence-corrected chi connectivity index (χ4v) is 0. The van der Waals surface area contributed by atoms with Crippen LogP contribution in [-0.2, 0) is 9.59 Å². The number of hydrogen-bond acceptors (Lipinski definition) is 4. The fraction of sp³-hybridized carbons (Fsp3) is 0. The average Bonchev–Trinajstić information content (AvgIpc) is 0.592. The van der Waals surface area contributed by atoms with Gasteiger partial charge in [-0.05, 0) is 0 Å². The quantitative estimate of drug-likeness (QED) is 0.447. The van der Waals surface area contributed by atoms with Gasteiger partial charge in [0.1, 0.15) is 0 Å². The van der Waals surface area contributed by atoms with Crippen LogP contribution in [0.4, 0.5) is 0 Å². The molecule has 0 unspecified atom stereocenters. The van der Waals surface area contributed by atoms with Crippen LogP contribution in [0.2, 0.25) is 0 Å². The van der Waals surface area contributed by atoms with Gasteiger partial charge in [0.2, 0.25) is 0 Å². The Balaban J connectivity index is 0. The molecule has 4 nitrogen and oxygen atoms in total. The molecule has 59 valence electrons. The summed E-state index contributed by atoms with van der Waals surface area (Å²) < 4.78 is 0. The molecule has 0 heterocycles. The standard InChI is InChI=1S/3ClH.Co.4H2N/h3*1H;;4*1H2/q;;;+6;4*-1/p-2. The average molecular weight is 230 g/mol. The van der Waals surface area contributed by atoms with E-state index in [9.17, 15) is 0 Å². The van der Waals surface area contributed by atoms with Gasteiger partial charge >= 0.3 is 49.0 Å². The molecule has 0 rings (SSSR count). The fourth-order valence-electron chi connectivity index (χ4n) is 0. The Labute approximate surface area is 61.5 Å². The summed E-state index contributed by atoms with van der Waals surface area (Å²) in [7, 11) is 5.40. The van der Waals surface area contributed by atoms with E-state index in [0.29, 0.717) is 0 Å². The molecule has 0 aromatic heterocycles. The van der Waals surface area contributed by atoms with E-state index in [1.807, 2.05) is 0 Å². The predicted molar refractivity (Wildman–Crippen MR) is 35.7 cm³/mol. The summed E-state index contributed by atoms with van der Waals surface area (Å²) in [5, 5.41) is 0. The van der Waals surface area contributed by atoms with Crippen molar-refractivity contribution in [3.05, 3.63) is 0 Å². The van der Waals surface area contributed by atoms with E-state index in [1.165, 1.54) is 0 Å². The van der Waals surface area contributed by atoms with Crippen molar-refractivity contribution in [1.82, 2.24) is 0 Å². The molecule has 8 heteroatoms. The summed E-state index contributed by atoms with van der Waals surface area (Å²) in [4.78, 5) is 19.4. The van der Waals surface area contributed by atoms with Crippen molar-refractivity contribution >= 4 is 32.7 Å². The van der Waals surface area contributed by atoms with Crippen LogP contribution in [0, 0.1) is 0 Å². The zero-order valence-electron chi connectivity index (χ0n) is 3.81. The van der Waals surface area contributed by atoms with E-state index in [2.05, 4.69) is 0 Å². The third-order valence-corrected chi connectivity index (χ3v) is 0. The summed E-state index contributed by atoms with van der Waals surface area (Å²) in [6.45, 7) is 0. The minimum absolute atomic E-state index is 0. The van der Waals surface area contributed by atoms with Crippen LogP contribution in [0.15, 0.2) is 0 Å². The Morgan fingerprint density at radius 1 is 0.875 bits per heavy atom. The first-order valence-corrected chi connectivity index (χ1v) is 6.29. The van der Waals surface area contributed by atoms with Crippen LogP contribution in [0.1, 0.15) is 0 Å². The second kappa shape index (κ2) is 1.63. The monoisotopic (exact) mass is 229 g/mol. The van der Waals surface area contributed by atoms with Crippen LogP contribution in [0.25, 0.3) is 0 Å². The zero-order chi connectivity index (χ0) is 6.41. The zero-order valence-corrected chi connectivity index (χ0v) is 7.18. The summed E-state index contributed by atoms with van der Waals surface area (Å²) >= 11 is 0. The Kier molecular flexibility index (Phi) is 2.43. The first-order chi connectivity index (χ1) is 2.45. The van der Waals surface area contributed by atoms with Gasteiger partial charge in [-0.15, -0.1) is 12.4 Å². The molecule has 0 radical (unpaired) electrons. The second-order valence-corrected chi connectivity index (χ2v) is 11.7. The summed E-state index contributed by atoms with van der Waals surface area (Å²) in [6, 6.07) is 0. The molecule has 0 saturated heterocycles. The Morgan fingerprint density at radius 3 is 0.875 bits per heavy atom. The topological polar surface area (TPSA) is 104 Å². The number of halogens is 3. The van der Waals surface area contributed by atoms with Gasteiger partial charge in [0, 0.05) is 0 Å². The summed E-state index contributed by atoms with van der Waals surface area (Å²) in [6.07, 6.45) is 0. The number of nitrogens with two attached hydrogens (primary N) is 4. The van der Waals surface area contributed by atoms with E-state index in [1.54, 1.807) is 0 Å². The number of hydrogen-bond donors (Lipinski definition) is 4. The van der Waals surface area contributed by atoms with Crippen molar-refractivity contribution in [2.24, 2.45) is 19.1 Å². The molecule has 0 aliphatic carbocycles. The van der Waals surface area contributed by atoms with Gasteiger partial charge < -0.3 is 0 Å². The number of rotatable bonds is 0. The van der Waals surface area contributed by atoms with E-state index in [0.717, 1.165) is 0 Å². The van der Waals surface area contributed by atoms with Gasteiger partial charge in [-0.1, -0.05) is 0 Å². The predicted octanol–water partition coefficient (Wildman–Crippen LogP) is -0.564. The third-order valence-electron chi connectivity index (χ3n) is 0. The van der Waals surface area contributed by atoms with E-state index in [-0.39, 0.29) is 12.4 Å². The van der Waals surface area contributed by atoms with Crippen molar-refractivity contribution < 1.29 is 9.59 Å². The first-order valence-electron chi connectivity index (χ1n) is 1.02. The van der Waals surface area contributed by atoms with Crippen LogP contribution in [0.5, 0.6) is 0 Å². The van der Waals surface area contributed by atoms with E-state index < -0.39 is 9.59 Å². The van der Waals surface area contributed by atoms with Gasteiger partial charge in [-0.2, -0.15) is 0 Å². The van der Waals surface area contributed by atoms with Gasteiger partial charge in [-0.3, -0.25) is 0 Å². The molecular formula is H9Cl3CoN4. The molecule has 8 N–H and O–H groups in total. The molecule has 8 heavy (non-hydrogen) atoms. The molecule has 0 fully saturated rings. The normalized spacial score (nSPS) is 20.2. The molecule has 0 aromatic rings. The van der Waals surface area contributed by atoms with Crippen LogP contribution in [-0.4, -0.2) is 0 Å². The maximum absolute atomic E-state index is 5.05. The van der Waals surface area contributed by atoms with Crippen molar-refractivity contribution in [2.45, 2.75) is 0 Å². The Hall–Kier alpha value is 1.22. The molecule has 0 bridgehead atoms. The van der Waals surface area contributed by atoms with E-state index in [4.69, 9.17) is 39.4 Å².